The fourth-order valence-electron chi connectivity index (χ4n) is 1.57. The van der Waals surface area contributed by atoms with E-state index >= 15 is 0 Å². The second-order valence-electron chi connectivity index (χ2n) is 3.85. The van der Waals surface area contributed by atoms with Crippen LogP contribution in [0.1, 0.15) is 15.9 Å². The first-order chi connectivity index (χ1) is 8.97. The van der Waals surface area contributed by atoms with Gasteiger partial charge in [-0.2, -0.15) is 0 Å². The normalized spacial score (nSPS) is 10.2. The lowest BCUT2D eigenvalue weighted by Gasteiger charge is -2.05. The molecule has 0 aliphatic carbocycles. The van der Waals surface area contributed by atoms with Crippen molar-refractivity contribution in [1.29, 1.82) is 0 Å². The van der Waals surface area contributed by atoms with E-state index in [9.17, 15) is 14.9 Å². The second-order valence-corrected chi connectivity index (χ2v) is 6.14. The van der Waals surface area contributed by atoms with Crippen LogP contribution >= 0.6 is 27.3 Å². The van der Waals surface area contributed by atoms with Gasteiger partial charge in [-0.25, -0.2) is 0 Å². The highest BCUT2D eigenvalue weighted by Crippen LogP contribution is 2.24. The van der Waals surface area contributed by atoms with E-state index < -0.39 is 4.92 Å². The molecule has 98 valence electrons. The number of nitro groups is 1. The molecule has 0 bridgehead atoms. The van der Waals surface area contributed by atoms with Gasteiger partial charge in [0.15, 0.2) is 0 Å². The minimum atomic E-state index is -0.447. The van der Waals surface area contributed by atoms with Crippen LogP contribution < -0.4 is 5.32 Å². The Labute approximate surface area is 121 Å². The summed E-state index contributed by atoms with van der Waals surface area (Å²) in [5.41, 5.74) is 1.63. The lowest BCUT2D eigenvalue weighted by Crippen LogP contribution is -2.11. The number of benzene rings is 1. The molecule has 0 fully saturated rings. The first-order valence-corrected chi connectivity index (χ1v) is 6.95. The molecule has 0 atom stereocenters. The van der Waals surface area contributed by atoms with Crippen LogP contribution in [0.5, 0.6) is 0 Å². The van der Waals surface area contributed by atoms with Crippen molar-refractivity contribution in [2.75, 3.05) is 5.32 Å². The maximum Gasteiger partial charge on any atom is 0.272 e. The zero-order valence-electron chi connectivity index (χ0n) is 9.84. The Morgan fingerprint density at radius 1 is 1.42 bits per heavy atom. The molecule has 0 radical (unpaired) electrons. The fourth-order valence-corrected chi connectivity index (χ4v) is 2.71. The minimum Gasteiger partial charge on any atom is -0.322 e. The van der Waals surface area contributed by atoms with Crippen LogP contribution in [0.15, 0.2) is 33.4 Å². The van der Waals surface area contributed by atoms with Crippen LogP contribution in [0.4, 0.5) is 11.4 Å². The van der Waals surface area contributed by atoms with Crippen LogP contribution in [0.3, 0.4) is 0 Å². The average Bonchev–Trinajstić information content (AvgIpc) is 2.75. The van der Waals surface area contributed by atoms with Crippen molar-refractivity contribution in [3.8, 4) is 0 Å². The lowest BCUT2D eigenvalue weighted by molar-refractivity contribution is -0.385. The Balaban J connectivity index is 2.18. The number of hydrogen-bond donors (Lipinski definition) is 1. The number of rotatable bonds is 3. The Kier molecular flexibility index (Phi) is 3.96. The van der Waals surface area contributed by atoms with E-state index in [0.29, 0.717) is 16.8 Å². The number of thiophene rings is 1. The predicted molar refractivity (Wildman–Crippen MR) is 77.8 cm³/mol. The summed E-state index contributed by atoms with van der Waals surface area (Å²) in [7, 11) is 0. The molecule has 0 aliphatic heterocycles. The molecule has 1 aromatic carbocycles. The topological polar surface area (TPSA) is 72.2 Å². The van der Waals surface area contributed by atoms with Gasteiger partial charge < -0.3 is 5.32 Å². The van der Waals surface area contributed by atoms with E-state index in [0.717, 1.165) is 3.79 Å². The monoisotopic (exact) mass is 340 g/mol. The summed E-state index contributed by atoms with van der Waals surface area (Å²) >= 11 is 4.71. The highest BCUT2D eigenvalue weighted by Gasteiger charge is 2.12. The van der Waals surface area contributed by atoms with Gasteiger partial charge >= 0.3 is 0 Å². The van der Waals surface area contributed by atoms with E-state index in [1.54, 1.807) is 24.4 Å². The molecular weight excluding hydrogens is 332 g/mol. The largest absolute Gasteiger partial charge is 0.322 e. The highest BCUT2D eigenvalue weighted by molar-refractivity contribution is 9.11. The number of aryl methyl sites for hydroxylation is 1. The Morgan fingerprint density at radius 2 is 2.16 bits per heavy atom. The third-order valence-electron chi connectivity index (χ3n) is 2.48. The molecule has 1 heterocycles. The van der Waals surface area contributed by atoms with Crippen molar-refractivity contribution in [2.45, 2.75) is 6.92 Å². The lowest BCUT2D eigenvalue weighted by atomic mass is 10.2. The van der Waals surface area contributed by atoms with Crippen LogP contribution in [0, 0.1) is 17.0 Å². The third-order valence-corrected chi connectivity index (χ3v) is 3.99. The highest BCUT2D eigenvalue weighted by atomic mass is 79.9. The van der Waals surface area contributed by atoms with Gasteiger partial charge in [0, 0.05) is 22.7 Å². The van der Waals surface area contributed by atoms with Gasteiger partial charge in [-0.05, 0) is 41.1 Å². The van der Waals surface area contributed by atoms with Gasteiger partial charge in [0.1, 0.15) is 0 Å². The average molecular weight is 341 g/mol. The third kappa shape index (κ3) is 3.18. The number of nitrogens with zero attached hydrogens (tertiary/aromatic N) is 1. The van der Waals surface area contributed by atoms with Crippen LogP contribution in [0.2, 0.25) is 0 Å². The second kappa shape index (κ2) is 5.50. The molecule has 0 saturated heterocycles. The molecule has 7 heteroatoms. The fraction of sp³-hybridized carbons (Fsp3) is 0.0833. The molecule has 1 N–H and O–H groups in total. The maximum atomic E-state index is 11.9. The molecule has 0 spiro atoms. The Hall–Kier alpha value is -1.73. The quantitative estimate of drug-likeness (QED) is 0.678. The van der Waals surface area contributed by atoms with E-state index in [4.69, 9.17) is 0 Å². The molecule has 0 aliphatic rings. The van der Waals surface area contributed by atoms with Gasteiger partial charge in [0.05, 0.1) is 14.3 Å². The number of amides is 1. The van der Waals surface area contributed by atoms with Crippen molar-refractivity contribution in [3.63, 3.8) is 0 Å². The number of nitrogens with one attached hydrogen (secondary N) is 1. The smallest absolute Gasteiger partial charge is 0.272 e. The van der Waals surface area contributed by atoms with Gasteiger partial charge in [0.2, 0.25) is 0 Å². The number of hydrogen-bond acceptors (Lipinski definition) is 4. The van der Waals surface area contributed by atoms with E-state index in [1.807, 2.05) is 0 Å². The van der Waals surface area contributed by atoms with Crippen LogP contribution in [0.25, 0.3) is 0 Å². The summed E-state index contributed by atoms with van der Waals surface area (Å²) < 4.78 is 0.873. The number of nitro benzene ring substituents is 1. The first kappa shape index (κ1) is 13.7. The summed E-state index contributed by atoms with van der Waals surface area (Å²) in [6, 6.07) is 6.20. The molecule has 2 rings (SSSR count). The van der Waals surface area contributed by atoms with E-state index in [-0.39, 0.29) is 11.6 Å². The van der Waals surface area contributed by atoms with Crippen molar-refractivity contribution >= 4 is 44.5 Å². The summed E-state index contributed by atoms with van der Waals surface area (Å²) in [6.45, 7) is 1.63. The zero-order valence-corrected chi connectivity index (χ0v) is 12.2. The Morgan fingerprint density at radius 3 is 2.68 bits per heavy atom. The number of halogens is 1. The number of anilines is 1. The molecule has 0 saturated carbocycles. The van der Waals surface area contributed by atoms with Gasteiger partial charge in [-0.1, -0.05) is 0 Å². The van der Waals surface area contributed by atoms with Crippen molar-refractivity contribution in [1.82, 2.24) is 0 Å². The zero-order chi connectivity index (χ0) is 14.0. The first-order valence-electron chi connectivity index (χ1n) is 5.28. The molecule has 0 unspecified atom stereocenters. The standard InChI is InChI=1S/C12H9BrN2O3S/c1-7-4-9(2-3-10(7)15(17)18)14-12(16)8-5-11(13)19-6-8/h2-6H,1H3,(H,14,16). The summed E-state index contributed by atoms with van der Waals surface area (Å²) in [5.74, 6) is -0.241. The SMILES string of the molecule is Cc1cc(NC(=O)c2csc(Br)c2)ccc1[N+](=O)[O-]. The van der Waals surface area contributed by atoms with Crippen LogP contribution in [-0.4, -0.2) is 10.8 Å². The maximum absolute atomic E-state index is 11.9. The Bertz CT molecular complexity index is 654. The molecular formula is C12H9BrN2O3S. The summed E-state index contributed by atoms with van der Waals surface area (Å²) in [4.78, 5) is 22.1. The van der Waals surface area contributed by atoms with Crippen LogP contribution in [-0.2, 0) is 0 Å². The molecule has 1 aromatic heterocycles. The van der Waals surface area contributed by atoms with Crippen molar-refractivity contribution < 1.29 is 9.72 Å². The van der Waals surface area contributed by atoms with Crippen molar-refractivity contribution in [3.05, 3.63) is 54.7 Å². The minimum absolute atomic E-state index is 0.0382. The molecule has 1 amide bonds. The van der Waals surface area contributed by atoms with Gasteiger partial charge in [-0.15, -0.1) is 11.3 Å². The van der Waals surface area contributed by atoms with E-state index in [1.165, 1.54) is 23.5 Å². The molecule has 5 nitrogen and oxygen atoms in total. The van der Waals surface area contributed by atoms with Crippen molar-refractivity contribution in [2.24, 2.45) is 0 Å². The number of carbonyl (C=O) groups is 1. The van der Waals surface area contributed by atoms with E-state index in [2.05, 4.69) is 21.2 Å². The summed E-state index contributed by atoms with van der Waals surface area (Å²) in [6.07, 6.45) is 0. The molecule has 19 heavy (non-hydrogen) atoms. The van der Waals surface area contributed by atoms with Gasteiger partial charge in [-0.3, -0.25) is 14.9 Å². The predicted octanol–water partition coefficient (Wildman–Crippen LogP) is 3.98. The molecule has 2 aromatic rings. The summed E-state index contributed by atoms with van der Waals surface area (Å²) in [5, 5.41) is 15.1. The number of carbonyl (C=O) groups excluding carboxylic acids is 1. The van der Waals surface area contributed by atoms with Gasteiger partial charge in [0.25, 0.3) is 11.6 Å².